The van der Waals surface area contributed by atoms with Crippen LogP contribution in [0.1, 0.15) is 25.0 Å². The molecule has 1 amide bonds. The molecule has 0 bridgehead atoms. The second-order valence-electron chi connectivity index (χ2n) is 8.27. The molecule has 33 heavy (non-hydrogen) atoms. The van der Waals surface area contributed by atoms with Crippen molar-refractivity contribution in [2.75, 3.05) is 31.1 Å². The molecule has 0 spiro atoms. The summed E-state index contributed by atoms with van der Waals surface area (Å²) in [4.78, 5) is 26.0. The van der Waals surface area contributed by atoms with Crippen LogP contribution in [-0.2, 0) is 11.8 Å². The third-order valence-electron chi connectivity index (χ3n) is 5.99. The fourth-order valence-corrected chi connectivity index (χ4v) is 4.15. The number of rotatable bonds is 4. The second-order valence-corrected chi connectivity index (χ2v) is 8.27. The van der Waals surface area contributed by atoms with Gasteiger partial charge in [-0.15, -0.1) is 0 Å². The highest BCUT2D eigenvalue weighted by molar-refractivity contribution is 5.68. The van der Waals surface area contributed by atoms with Crippen molar-refractivity contribution in [2.24, 2.45) is 7.05 Å². The van der Waals surface area contributed by atoms with Crippen molar-refractivity contribution >= 4 is 17.7 Å². The molecule has 0 aliphatic carbocycles. The molecule has 1 aliphatic rings. The first-order chi connectivity index (χ1) is 16.1. The van der Waals surface area contributed by atoms with Crippen molar-refractivity contribution in [3.8, 4) is 11.3 Å². The molecule has 9 heteroatoms. The molecule has 0 unspecified atom stereocenters. The average molecular weight is 446 g/mol. The number of anilines is 1. The van der Waals surface area contributed by atoms with Gasteiger partial charge < -0.3 is 14.5 Å². The number of benzene rings is 1. The van der Waals surface area contributed by atoms with E-state index in [1.165, 1.54) is 0 Å². The van der Waals surface area contributed by atoms with Crippen LogP contribution in [0.5, 0.6) is 0 Å². The number of carbonyl (C=O) groups is 1. The number of carbonyl (C=O) groups excluding carboxylic acids is 1. The zero-order valence-electron chi connectivity index (χ0n) is 18.8. The van der Waals surface area contributed by atoms with E-state index in [1.54, 1.807) is 15.8 Å². The number of imidazole rings is 1. The lowest BCUT2D eigenvalue weighted by atomic mass is 10.1. The summed E-state index contributed by atoms with van der Waals surface area (Å²) in [6.07, 6.45) is 7.87. The molecule has 1 aliphatic heterocycles. The van der Waals surface area contributed by atoms with Gasteiger partial charge in [-0.1, -0.05) is 30.3 Å². The molecule has 4 heterocycles. The number of hydrogen-bond donors (Lipinski definition) is 0. The molecule has 0 radical (unpaired) electrons. The third-order valence-corrected chi connectivity index (χ3v) is 5.99. The van der Waals surface area contributed by atoms with E-state index in [-0.39, 0.29) is 12.2 Å². The summed E-state index contributed by atoms with van der Waals surface area (Å²) in [5.41, 5.74) is 2.79. The van der Waals surface area contributed by atoms with Gasteiger partial charge in [-0.05, 0) is 25.0 Å². The van der Waals surface area contributed by atoms with Crippen LogP contribution >= 0.6 is 0 Å². The molecule has 5 rings (SSSR count). The zero-order chi connectivity index (χ0) is 22.8. The first kappa shape index (κ1) is 21.0. The number of nitrogens with zero attached hydrogens (tertiary/aromatic N) is 7. The lowest BCUT2D eigenvalue weighted by Crippen LogP contribution is -2.36. The van der Waals surface area contributed by atoms with E-state index in [1.807, 2.05) is 73.4 Å². The number of amides is 1. The number of fused-ring (bicyclic) bond motifs is 1. The SMILES string of the molecule is C[C@@H](OC(=O)N1CCCN(c2cnc3nc(-c4cnn(C)c4)ccn23)CC1)c1ccccc1. The highest BCUT2D eigenvalue weighted by Crippen LogP contribution is 2.23. The van der Waals surface area contributed by atoms with Crippen LogP contribution < -0.4 is 4.90 Å². The maximum atomic E-state index is 12.8. The molecular formula is C24H27N7O2. The molecule has 9 nitrogen and oxygen atoms in total. The third kappa shape index (κ3) is 4.39. The minimum atomic E-state index is -0.281. The molecule has 170 valence electrons. The molecule has 0 saturated carbocycles. The molecule has 3 aromatic heterocycles. The van der Waals surface area contributed by atoms with Crippen molar-refractivity contribution in [1.82, 2.24) is 29.0 Å². The van der Waals surface area contributed by atoms with Gasteiger partial charge in [0.1, 0.15) is 11.9 Å². The Morgan fingerprint density at radius 2 is 1.91 bits per heavy atom. The Bertz CT molecular complexity index is 1250. The summed E-state index contributed by atoms with van der Waals surface area (Å²) in [5.74, 6) is 1.62. The van der Waals surface area contributed by atoms with Crippen molar-refractivity contribution in [3.63, 3.8) is 0 Å². The van der Waals surface area contributed by atoms with Gasteiger partial charge in [-0.25, -0.2) is 14.8 Å². The summed E-state index contributed by atoms with van der Waals surface area (Å²) in [6.45, 7) is 4.69. The Morgan fingerprint density at radius 3 is 2.70 bits per heavy atom. The molecule has 1 aromatic carbocycles. The second kappa shape index (κ2) is 8.93. The Labute approximate surface area is 192 Å². The Hall–Kier alpha value is -3.88. The number of hydrogen-bond acceptors (Lipinski definition) is 6. The van der Waals surface area contributed by atoms with E-state index >= 15 is 0 Å². The fraction of sp³-hybridized carbons (Fsp3) is 0.333. The number of aryl methyl sites for hydroxylation is 1. The predicted octanol–water partition coefficient (Wildman–Crippen LogP) is 3.54. The van der Waals surface area contributed by atoms with E-state index < -0.39 is 0 Å². The van der Waals surface area contributed by atoms with Gasteiger partial charge in [-0.3, -0.25) is 9.08 Å². The standard InChI is InChI=1S/C24H27N7O2/c1-18(19-7-4-3-5-8-19)33-24(32)30-11-6-10-29(13-14-30)22-16-25-23-27-21(9-12-31(22)23)20-15-26-28(2)17-20/h3-5,7-9,12,15-18H,6,10-11,13-14H2,1-2H3/t18-/m1/s1. The Kier molecular flexibility index (Phi) is 5.68. The van der Waals surface area contributed by atoms with E-state index in [9.17, 15) is 4.79 Å². The minimum absolute atomic E-state index is 0.269. The van der Waals surface area contributed by atoms with E-state index in [2.05, 4.69) is 20.0 Å². The molecule has 4 aromatic rings. The molecule has 1 saturated heterocycles. The van der Waals surface area contributed by atoms with Gasteiger partial charge in [0.25, 0.3) is 0 Å². The smallest absolute Gasteiger partial charge is 0.410 e. The quantitative estimate of drug-likeness (QED) is 0.478. The van der Waals surface area contributed by atoms with Crippen LogP contribution in [-0.4, -0.2) is 61.3 Å². The Balaban J connectivity index is 1.26. The van der Waals surface area contributed by atoms with E-state index in [0.717, 1.165) is 35.6 Å². The summed E-state index contributed by atoms with van der Waals surface area (Å²) in [5, 5.41) is 4.22. The average Bonchev–Trinajstić information content (AvgIpc) is 3.38. The molecular weight excluding hydrogens is 418 g/mol. The predicted molar refractivity (Wildman–Crippen MR) is 125 cm³/mol. The van der Waals surface area contributed by atoms with E-state index in [0.29, 0.717) is 25.4 Å². The lowest BCUT2D eigenvalue weighted by Gasteiger charge is -2.24. The highest BCUT2D eigenvalue weighted by atomic mass is 16.6. The highest BCUT2D eigenvalue weighted by Gasteiger charge is 2.24. The van der Waals surface area contributed by atoms with Gasteiger partial charge in [0.05, 0.1) is 18.1 Å². The van der Waals surface area contributed by atoms with Crippen molar-refractivity contribution < 1.29 is 9.53 Å². The van der Waals surface area contributed by atoms with Crippen molar-refractivity contribution in [2.45, 2.75) is 19.4 Å². The summed E-state index contributed by atoms with van der Waals surface area (Å²) < 4.78 is 9.47. The van der Waals surface area contributed by atoms with E-state index in [4.69, 9.17) is 4.74 Å². The maximum Gasteiger partial charge on any atom is 0.410 e. The summed E-state index contributed by atoms with van der Waals surface area (Å²) in [6, 6.07) is 11.8. The topological polar surface area (TPSA) is 80.8 Å². The fourth-order valence-electron chi connectivity index (χ4n) is 4.15. The van der Waals surface area contributed by atoms with Gasteiger partial charge in [-0.2, -0.15) is 5.10 Å². The maximum absolute atomic E-state index is 12.8. The van der Waals surface area contributed by atoms with Gasteiger partial charge in [0, 0.05) is 51.2 Å². The summed E-state index contributed by atoms with van der Waals surface area (Å²) in [7, 11) is 1.89. The largest absolute Gasteiger partial charge is 0.442 e. The minimum Gasteiger partial charge on any atom is -0.442 e. The van der Waals surface area contributed by atoms with Crippen LogP contribution in [0.3, 0.4) is 0 Å². The lowest BCUT2D eigenvalue weighted by molar-refractivity contribution is 0.0715. The summed E-state index contributed by atoms with van der Waals surface area (Å²) >= 11 is 0. The molecule has 1 fully saturated rings. The van der Waals surface area contributed by atoms with Gasteiger partial charge in [0.2, 0.25) is 5.78 Å². The first-order valence-corrected chi connectivity index (χ1v) is 11.2. The molecule has 1 atom stereocenters. The monoisotopic (exact) mass is 445 g/mol. The van der Waals surface area contributed by atoms with Gasteiger partial charge >= 0.3 is 6.09 Å². The van der Waals surface area contributed by atoms with Crippen LogP contribution in [0.2, 0.25) is 0 Å². The van der Waals surface area contributed by atoms with Crippen molar-refractivity contribution in [3.05, 3.63) is 66.7 Å². The van der Waals surface area contributed by atoms with Crippen LogP contribution in [0, 0.1) is 0 Å². The first-order valence-electron chi connectivity index (χ1n) is 11.2. The number of aromatic nitrogens is 5. The van der Waals surface area contributed by atoms with Crippen LogP contribution in [0.15, 0.2) is 61.2 Å². The van der Waals surface area contributed by atoms with Crippen LogP contribution in [0.4, 0.5) is 10.6 Å². The Morgan fingerprint density at radius 1 is 1.06 bits per heavy atom. The van der Waals surface area contributed by atoms with Gasteiger partial charge in [0.15, 0.2) is 0 Å². The molecule has 0 N–H and O–H groups in total. The number of ether oxygens (including phenoxy) is 1. The van der Waals surface area contributed by atoms with Crippen molar-refractivity contribution in [1.29, 1.82) is 0 Å². The van der Waals surface area contributed by atoms with Crippen LogP contribution in [0.25, 0.3) is 17.0 Å². The zero-order valence-corrected chi connectivity index (χ0v) is 18.8. The normalized spacial score (nSPS) is 15.5.